The van der Waals surface area contributed by atoms with Gasteiger partial charge in [0.25, 0.3) is 0 Å². The summed E-state index contributed by atoms with van der Waals surface area (Å²) in [5, 5.41) is 2.23. The van der Waals surface area contributed by atoms with E-state index in [9.17, 15) is 0 Å². The zero-order chi connectivity index (χ0) is 10.8. The molecule has 1 aromatic carbocycles. The third-order valence-corrected chi connectivity index (χ3v) is 2.59. The van der Waals surface area contributed by atoms with Crippen LogP contribution < -0.4 is 11.3 Å². The number of benzene rings is 1. The van der Waals surface area contributed by atoms with Gasteiger partial charge in [0.2, 0.25) is 0 Å². The highest BCUT2D eigenvalue weighted by atomic mass is 15.2. The zero-order valence-corrected chi connectivity index (χ0v) is 8.99. The molecule has 0 aliphatic heterocycles. The Morgan fingerprint density at radius 2 is 2.07 bits per heavy atom. The van der Waals surface area contributed by atoms with Crippen molar-refractivity contribution in [1.82, 2.24) is 4.98 Å². The molecule has 0 unspecified atom stereocenters. The minimum atomic E-state index is 0.539. The van der Waals surface area contributed by atoms with Crippen LogP contribution in [0.5, 0.6) is 0 Å². The Bertz CT molecular complexity index is 477. The van der Waals surface area contributed by atoms with Gasteiger partial charge in [-0.2, -0.15) is 0 Å². The molecular formula is C12H15N3. The summed E-state index contributed by atoms with van der Waals surface area (Å²) in [6, 6.07) is 8.37. The molecule has 0 fully saturated rings. The lowest BCUT2D eigenvalue weighted by Gasteiger charge is -2.08. The average molecular weight is 201 g/mol. The SMILES string of the molecule is CC(C)c1ccc2c(NN)nccc2c1. The second kappa shape index (κ2) is 3.87. The number of fused-ring (bicyclic) bond motifs is 1. The molecule has 0 atom stereocenters. The summed E-state index contributed by atoms with van der Waals surface area (Å²) in [6.45, 7) is 4.37. The monoisotopic (exact) mass is 201 g/mol. The highest BCUT2D eigenvalue weighted by Crippen LogP contribution is 2.24. The van der Waals surface area contributed by atoms with Gasteiger partial charge in [0.1, 0.15) is 5.82 Å². The molecule has 78 valence electrons. The fourth-order valence-electron chi connectivity index (χ4n) is 1.67. The van der Waals surface area contributed by atoms with E-state index >= 15 is 0 Å². The Balaban J connectivity index is 2.63. The number of anilines is 1. The predicted octanol–water partition coefficient (Wildman–Crippen LogP) is 2.64. The molecule has 3 N–H and O–H groups in total. The first-order valence-electron chi connectivity index (χ1n) is 5.07. The summed E-state index contributed by atoms with van der Waals surface area (Å²) < 4.78 is 0. The topological polar surface area (TPSA) is 50.9 Å². The quantitative estimate of drug-likeness (QED) is 0.580. The van der Waals surface area contributed by atoms with Crippen molar-refractivity contribution < 1.29 is 0 Å². The van der Waals surface area contributed by atoms with Crippen molar-refractivity contribution in [2.75, 3.05) is 5.43 Å². The first-order valence-corrected chi connectivity index (χ1v) is 5.07. The molecule has 1 aromatic heterocycles. The molecule has 3 nitrogen and oxygen atoms in total. The summed E-state index contributed by atoms with van der Waals surface area (Å²) in [6.07, 6.45) is 1.77. The van der Waals surface area contributed by atoms with E-state index in [4.69, 9.17) is 5.84 Å². The number of hydrogen-bond acceptors (Lipinski definition) is 3. The maximum atomic E-state index is 5.40. The number of nitrogens with two attached hydrogens (primary N) is 1. The maximum Gasteiger partial charge on any atom is 0.147 e. The van der Waals surface area contributed by atoms with E-state index in [1.54, 1.807) is 6.20 Å². The summed E-state index contributed by atoms with van der Waals surface area (Å²) in [7, 11) is 0. The molecular weight excluding hydrogens is 186 g/mol. The second-order valence-electron chi connectivity index (χ2n) is 3.94. The van der Waals surface area contributed by atoms with Crippen LogP contribution in [0.3, 0.4) is 0 Å². The average Bonchev–Trinajstić information content (AvgIpc) is 2.27. The van der Waals surface area contributed by atoms with Crippen molar-refractivity contribution in [2.45, 2.75) is 19.8 Å². The van der Waals surface area contributed by atoms with Crippen LogP contribution in [0.15, 0.2) is 30.5 Å². The molecule has 0 aliphatic rings. The Morgan fingerprint density at radius 3 is 2.73 bits per heavy atom. The van der Waals surface area contributed by atoms with E-state index in [1.165, 1.54) is 10.9 Å². The molecule has 2 aromatic rings. The van der Waals surface area contributed by atoms with Gasteiger partial charge in [-0.3, -0.25) is 0 Å². The van der Waals surface area contributed by atoms with Crippen molar-refractivity contribution in [2.24, 2.45) is 5.84 Å². The Morgan fingerprint density at radius 1 is 1.27 bits per heavy atom. The van der Waals surface area contributed by atoms with Crippen molar-refractivity contribution in [3.05, 3.63) is 36.0 Å². The summed E-state index contributed by atoms with van der Waals surface area (Å²) in [5.74, 6) is 6.66. The molecule has 0 bridgehead atoms. The minimum absolute atomic E-state index is 0.539. The molecule has 15 heavy (non-hydrogen) atoms. The molecule has 0 amide bonds. The van der Waals surface area contributed by atoms with Gasteiger partial charge in [-0.15, -0.1) is 0 Å². The zero-order valence-electron chi connectivity index (χ0n) is 8.99. The fraction of sp³-hybridized carbons (Fsp3) is 0.250. The molecule has 0 spiro atoms. The first-order chi connectivity index (χ1) is 7.22. The normalized spacial score (nSPS) is 10.9. The van der Waals surface area contributed by atoms with Gasteiger partial charge in [-0.25, -0.2) is 10.8 Å². The van der Waals surface area contributed by atoms with Gasteiger partial charge >= 0.3 is 0 Å². The number of rotatable bonds is 2. The molecule has 0 aliphatic carbocycles. The van der Waals surface area contributed by atoms with E-state index in [-0.39, 0.29) is 0 Å². The van der Waals surface area contributed by atoms with Crippen LogP contribution in [-0.4, -0.2) is 4.98 Å². The largest absolute Gasteiger partial charge is 0.308 e. The number of pyridine rings is 1. The number of nitrogen functional groups attached to an aromatic ring is 1. The molecule has 2 rings (SSSR count). The third-order valence-electron chi connectivity index (χ3n) is 2.59. The molecule has 0 radical (unpaired) electrons. The maximum absolute atomic E-state index is 5.40. The van der Waals surface area contributed by atoms with Gasteiger partial charge in [-0.1, -0.05) is 32.0 Å². The van der Waals surface area contributed by atoms with Crippen molar-refractivity contribution >= 4 is 16.6 Å². The van der Waals surface area contributed by atoms with Crippen LogP contribution in [0.2, 0.25) is 0 Å². The third kappa shape index (κ3) is 1.78. The predicted molar refractivity (Wildman–Crippen MR) is 63.6 cm³/mol. The van der Waals surface area contributed by atoms with Gasteiger partial charge in [0, 0.05) is 11.6 Å². The standard InChI is InChI=1S/C12H15N3/c1-8(2)9-3-4-11-10(7-9)5-6-14-12(11)15-13/h3-8H,13H2,1-2H3,(H,14,15). The van der Waals surface area contributed by atoms with Crippen molar-refractivity contribution in [3.8, 4) is 0 Å². The van der Waals surface area contributed by atoms with E-state index in [0.717, 1.165) is 11.2 Å². The van der Waals surface area contributed by atoms with E-state index in [1.807, 2.05) is 6.07 Å². The Kier molecular flexibility index (Phi) is 2.56. The number of hydrazine groups is 1. The van der Waals surface area contributed by atoms with E-state index in [2.05, 4.69) is 42.5 Å². The lowest BCUT2D eigenvalue weighted by atomic mass is 10.00. The van der Waals surface area contributed by atoms with Crippen LogP contribution in [0, 0.1) is 0 Å². The first kappa shape index (κ1) is 9.93. The van der Waals surface area contributed by atoms with Crippen LogP contribution in [-0.2, 0) is 0 Å². The number of aromatic nitrogens is 1. The minimum Gasteiger partial charge on any atom is -0.308 e. The molecule has 0 saturated carbocycles. The second-order valence-corrected chi connectivity index (χ2v) is 3.94. The number of hydrogen-bond donors (Lipinski definition) is 2. The van der Waals surface area contributed by atoms with E-state index < -0.39 is 0 Å². The van der Waals surface area contributed by atoms with Crippen LogP contribution in [0.4, 0.5) is 5.82 Å². The number of nitrogens with zero attached hydrogens (tertiary/aromatic N) is 1. The summed E-state index contributed by atoms with van der Waals surface area (Å²) >= 11 is 0. The van der Waals surface area contributed by atoms with Gasteiger partial charge < -0.3 is 5.43 Å². The van der Waals surface area contributed by atoms with Crippen LogP contribution >= 0.6 is 0 Å². The van der Waals surface area contributed by atoms with Gasteiger partial charge in [0.15, 0.2) is 0 Å². The van der Waals surface area contributed by atoms with Gasteiger partial charge in [-0.05, 0) is 22.9 Å². The van der Waals surface area contributed by atoms with Crippen molar-refractivity contribution in [3.63, 3.8) is 0 Å². The Hall–Kier alpha value is -1.61. The smallest absolute Gasteiger partial charge is 0.147 e. The molecule has 1 heterocycles. The lowest BCUT2D eigenvalue weighted by Crippen LogP contribution is -2.08. The van der Waals surface area contributed by atoms with Crippen molar-refractivity contribution in [1.29, 1.82) is 0 Å². The fourth-order valence-corrected chi connectivity index (χ4v) is 1.67. The Labute approximate surface area is 89.3 Å². The highest BCUT2D eigenvalue weighted by molar-refractivity contribution is 5.92. The van der Waals surface area contributed by atoms with Crippen LogP contribution in [0.1, 0.15) is 25.3 Å². The summed E-state index contributed by atoms with van der Waals surface area (Å²) in [4.78, 5) is 4.16. The van der Waals surface area contributed by atoms with Gasteiger partial charge in [0.05, 0.1) is 0 Å². The highest BCUT2D eigenvalue weighted by Gasteiger charge is 2.03. The molecule has 0 saturated heterocycles. The summed E-state index contributed by atoms with van der Waals surface area (Å²) in [5.41, 5.74) is 3.94. The number of nitrogens with one attached hydrogen (secondary N) is 1. The molecule has 3 heteroatoms. The lowest BCUT2D eigenvalue weighted by molar-refractivity contribution is 0.869. The van der Waals surface area contributed by atoms with Crippen LogP contribution in [0.25, 0.3) is 10.8 Å². The van der Waals surface area contributed by atoms with E-state index in [0.29, 0.717) is 5.92 Å².